The summed E-state index contributed by atoms with van der Waals surface area (Å²) < 4.78 is 21.1. The largest absolute Gasteiger partial charge is 0.505 e. The summed E-state index contributed by atoms with van der Waals surface area (Å²) in [5.41, 5.74) is 0.264. The summed E-state index contributed by atoms with van der Waals surface area (Å²) in [5.74, 6) is -2.22. The fourth-order valence-corrected chi connectivity index (χ4v) is 4.65. The predicted molar refractivity (Wildman–Crippen MR) is 119 cm³/mol. The van der Waals surface area contributed by atoms with Gasteiger partial charge in [0, 0.05) is 19.5 Å². The zero-order valence-electron chi connectivity index (χ0n) is 18.1. The van der Waals surface area contributed by atoms with Gasteiger partial charge in [-0.3, -0.25) is 14.4 Å². The molecule has 0 aliphatic carbocycles. The van der Waals surface area contributed by atoms with E-state index in [-0.39, 0.29) is 35.5 Å². The Morgan fingerprint density at radius 1 is 1.36 bits per heavy atom. The summed E-state index contributed by atoms with van der Waals surface area (Å²) in [6, 6.07) is 4.42. The summed E-state index contributed by atoms with van der Waals surface area (Å²) in [6.07, 6.45) is -1.22. The number of nitrogens with zero attached hydrogens (tertiary/aromatic N) is 1. The highest BCUT2D eigenvalue weighted by atomic mass is 35.5. The molecule has 176 valence electrons. The lowest BCUT2D eigenvalue weighted by Crippen LogP contribution is -2.49. The molecule has 1 amide bonds. The van der Waals surface area contributed by atoms with Crippen molar-refractivity contribution in [2.75, 3.05) is 32.5 Å². The van der Waals surface area contributed by atoms with E-state index in [1.807, 2.05) is 0 Å². The van der Waals surface area contributed by atoms with Crippen LogP contribution in [0.2, 0.25) is 5.02 Å². The average Bonchev–Trinajstić information content (AvgIpc) is 2.80. The maximum atomic E-state index is 13.6. The highest BCUT2D eigenvalue weighted by molar-refractivity contribution is 6.30. The highest BCUT2D eigenvalue weighted by Gasteiger charge is 2.43. The molecule has 0 radical (unpaired) electrons. The smallest absolute Gasteiger partial charge is 0.267 e. The van der Waals surface area contributed by atoms with Crippen LogP contribution in [-0.4, -0.2) is 54.7 Å². The Bertz CT molecular complexity index is 1180. The Labute approximate surface area is 193 Å². The van der Waals surface area contributed by atoms with Crippen LogP contribution >= 0.6 is 11.6 Å². The van der Waals surface area contributed by atoms with Crippen LogP contribution in [0.3, 0.4) is 0 Å². The van der Waals surface area contributed by atoms with Crippen molar-refractivity contribution in [2.45, 2.75) is 25.2 Å². The summed E-state index contributed by atoms with van der Waals surface area (Å²) >= 11 is 5.93. The molecule has 3 unspecified atom stereocenters. The van der Waals surface area contributed by atoms with Crippen LogP contribution in [0.25, 0.3) is 0 Å². The van der Waals surface area contributed by atoms with Gasteiger partial charge in [-0.15, -0.1) is 0 Å². The first-order valence-corrected chi connectivity index (χ1v) is 10.9. The molecule has 0 bridgehead atoms. The van der Waals surface area contributed by atoms with E-state index >= 15 is 0 Å². The quantitative estimate of drug-likeness (QED) is 0.492. The number of ketones is 1. The number of aromatic nitrogens is 1. The number of hydrogen-bond donors (Lipinski definition) is 4. The molecule has 33 heavy (non-hydrogen) atoms. The second-order valence-electron chi connectivity index (χ2n) is 8.11. The molecule has 11 heteroatoms. The van der Waals surface area contributed by atoms with E-state index in [2.05, 4.69) is 16.0 Å². The van der Waals surface area contributed by atoms with Gasteiger partial charge >= 0.3 is 0 Å². The van der Waals surface area contributed by atoms with E-state index in [9.17, 15) is 23.9 Å². The third kappa shape index (κ3) is 4.09. The Hall–Kier alpha value is -2.95. The summed E-state index contributed by atoms with van der Waals surface area (Å²) in [7, 11) is 2.99. The van der Waals surface area contributed by atoms with Crippen LogP contribution in [0.15, 0.2) is 23.0 Å². The number of nitrogens with one attached hydrogen (secondary N) is 3. The van der Waals surface area contributed by atoms with Gasteiger partial charge in [-0.25, -0.2) is 4.39 Å². The van der Waals surface area contributed by atoms with Gasteiger partial charge in [-0.2, -0.15) is 0 Å². The molecule has 9 nitrogen and oxygen atoms in total. The molecule has 3 heterocycles. The molecule has 0 fully saturated rings. The van der Waals surface area contributed by atoms with E-state index in [1.54, 1.807) is 13.1 Å². The molecule has 3 atom stereocenters. The van der Waals surface area contributed by atoms with Crippen molar-refractivity contribution in [3.8, 4) is 5.75 Å². The number of ether oxygens (including phenoxy) is 1. The summed E-state index contributed by atoms with van der Waals surface area (Å²) in [6.45, 7) is 0.281. The Balaban J connectivity index is 1.81. The van der Waals surface area contributed by atoms with Gasteiger partial charge in [0.15, 0.2) is 11.5 Å². The van der Waals surface area contributed by atoms with E-state index in [4.69, 9.17) is 16.3 Å². The molecule has 0 spiro atoms. The van der Waals surface area contributed by atoms with Crippen molar-refractivity contribution >= 4 is 29.0 Å². The SMILES string of the molecule is CNCC(=O)C1Cn2c3c(c(O)c(C(=O)NC)c2=O)NCC(Cc2ccc(F)c(Cl)c2)C3O1. The minimum Gasteiger partial charge on any atom is -0.505 e. The fourth-order valence-electron chi connectivity index (χ4n) is 4.45. The lowest BCUT2D eigenvalue weighted by molar-refractivity contribution is -0.142. The molecular weight excluding hydrogens is 455 g/mol. The highest BCUT2D eigenvalue weighted by Crippen LogP contribution is 2.45. The molecule has 1 aromatic heterocycles. The minimum absolute atomic E-state index is 0.00641. The molecule has 2 aliphatic rings. The van der Waals surface area contributed by atoms with Gasteiger partial charge in [0.25, 0.3) is 11.5 Å². The Morgan fingerprint density at radius 3 is 2.79 bits per heavy atom. The zero-order valence-corrected chi connectivity index (χ0v) is 18.8. The van der Waals surface area contributed by atoms with Crippen LogP contribution < -0.4 is 21.5 Å². The van der Waals surface area contributed by atoms with Gasteiger partial charge in [0.1, 0.15) is 29.3 Å². The number of likely N-dealkylation sites (N-methyl/N-ethyl adjacent to an activating group) is 1. The lowest BCUT2D eigenvalue weighted by Gasteiger charge is -2.42. The van der Waals surface area contributed by atoms with E-state index in [1.165, 1.54) is 23.7 Å². The van der Waals surface area contributed by atoms with Crippen LogP contribution in [0.5, 0.6) is 5.75 Å². The van der Waals surface area contributed by atoms with E-state index < -0.39 is 40.8 Å². The van der Waals surface area contributed by atoms with Crippen LogP contribution in [0.4, 0.5) is 10.1 Å². The number of rotatable bonds is 6. The number of hydrogen-bond acceptors (Lipinski definition) is 7. The standard InChI is InChI=1S/C22H24ClFN4O5/c1-25-8-14(29)15-9-28-18-17(19(30)16(22(28)32)21(31)26-2)27-7-11(20(18)33-15)5-10-3-4-13(24)12(23)6-10/h3-4,6,11,15,20,25,27,30H,5,7-9H2,1-2H3,(H,26,31). The number of amides is 1. The fraction of sp³-hybridized carbons (Fsp3) is 0.409. The molecular formula is C22H24ClFN4O5. The van der Waals surface area contributed by atoms with Crippen molar-refractivity contribution in [1.82, 2.24) is 15.2 Å². The van der Waals surface area contributed by atoms with Crippen LogP contribution in [0, 0.1) is 11.7 Å². The molecule has 0 saturated heterocycles. The first kappa shape index (κ1) is 23.2. The first-order chi connectivity index (χ1) is 15.8. The monoisotopic (exact) mass is 478 g/mol. The topological polar surface area (TPSA) is 122 Å². The van der Waals surface area contributed by atoms with Crippen molar-refractivity contribution in [2.24, 2.45) is 5.92 Å². The van der Waals surface area contributed by atoms with Crippen LogP contribution in [-0.2, 0) is 22.5 Å². The lowest BCUT2D eigenvalue weighted by atomic mass is 9.86. The summed E-state index contributed by atoms with van der Waals surface area (Å²) in [5, 5.41) is 19.0. The number of anilines is 1. The number of pyridine rings is 1. The third-order valence-electron chi connectivity index (χ3n) is 6.02. The van der Waals surface area contributed by atoms with Gasteiger partial charge < -0.3 is 30.4 Å². The van der Waals surface area contributed by atoms with Crippen molar-refractivity contribution in [1.29, 1.82) is 0 Å². The van der Waals surface area contributed by atoms with E-state index in [0.29, 0.717) is 18.7 Å². The van der Waals surface area contributed by atoms with Crippen molar-refractivity contribution in [3.05, 3.63) is 56.2 Å². The number of benzene rings is 1. The Morgan fingerprint density at radius 2 is 2.12 bits per heavy atom. The number of carbonyl (C=O) groups is 2. The zero-order chi connectivity index (χ0) is 23.9. The van der Waals surface area contributed by atoms with Gasteiger partial charge in [-0.1, -0.05) is 17.7 Å². The molecule has 1 aromatic carbocycles. The van der Waals surface area contributed by atoms with Gasteiger partial charge in [0.05, 0.1) is 23.8 Å². The van der Waals surface area contributed by atoms with Gasteiger partial charge in [-0.05, 0) is 31.2 Å². The maximum absolute atomic E-state index is 13.6. The minimum atomic E-state index is -0.917. The number of carbonyl (C=O) groups excluding carboxylic acids is 2. The third-order valence-corrected chi connectivity index (χ3v) is 6.31. The molecule has 2 aromatic rings. The second kappa shape index (κ2) is 9.12. The number of halogens is 2. The molecule has 4 rings (SSSR count). The second-order valence-corrected chi connectivity index (χ2v) is 8.52. The predicted octanol–water partition coefficient (Wildman–Crippen LogP) is 1.22. The molecule has 0 saturated carbocycles. The first-order valence-electron chi connectivity index (χ1n) is 10.5. The number of Topliss-reactive ketones (excluding diaryl/α,β-unsaturated/α-hetero) is 1. The average molecular weight is 479 g/mol. The normalized spacial score (nSPS) is 21.2. The van der Waals surface area contributed by atoms with Crippen molar-refractivity contribution in [3.63, 3.8) is 0 Å². The van der Waals surface area contributed by atoms with Gasteiger partial charge in [0.2, 0.25) is 0 Å². The Kier molecular flexibility index (Phi) is 6.42. The number of aromatic hydroxyl groups is 1. The summed E-state index contributed by atoms with van der Waals surface area (Å²) in [4.78, 5) is 38.2. The molecule has 4 N–H and O–H groups in total. The maximum Gasteiger partial charge on any atom is 0.267 e. The van der Waals surface area contributed by atoms with E-state index in [0.717, 1.165) is 5.56 Å². The molecule has 2 aliphatic heterocycles. The van der Waals surface area contributed by atoms with Crippen molar-refractivity contribution < 1.29 is 23.8 Å². The van der Waals surface area contributed by atoms with Crippen LogP contribution in [0.1, 0.15) is 27.7 Å².